The quantitative estimate of drug-likeness (QED) is 0.761. The van der Waals surface area contributed by atoms with Crippen LogP contribution in [0, 0.1) is 0 Å². The van der Waals surface area contributed by atoms with Crippen molar-refractivity contribution in [3.63, 3.8) is 0 Å². The van der Waals surface area contributed by atoms with Gasteiger partial charge in [0.15, 0.2) is 0 Å². The van der Waals surface area contributed by atoms with E-state index < -0.39 is 24.4 Å². The molecule has 14 heavy (non-hydrogen) atoms. The van der Waals surface area contributed by atoms with E-state index in [1.807, 2.05) is 0 Å². The number of aliphatic hydroxyl groups excluding tert-OH is 1. The summed E-state index contributed by atoms with van der Waals surface area (Å²) in [6.45, 7) is -0.547. The SMILES string of the molecule is NC(CO)c1cnccc1C(F)(F)F. The molecule has 0 amide bonds. The summed E-state index contributed by atoms with van der Waals surface area (Å²) in [7, 11) is 0. The second-order valence-electron chi connectivity index (χ2n) is 2.75. The summed E-state index contributed by atoms with van der Waals surface area (Å²) in [4.78, 5) is 3.54. The Balaban J connectivity index is 3.16. The standard InChI is InChI=1S/C8H9F3N2O/c9-8(10,11)6-1-2-13-3-5(6)7(12)4-14/h1-3,7,14H,4,12H2. The second-order valence-corrected chi connectivity index (χ2v) is 2.75. The number of aliphatic hydroxyl groups is 1. The largest absolute Gasteiger partial charge is 0.416 e. The monoisotopic (exact) mass is 206 g/mol. The van der Waals surface area contributed by atoms with Gasteiger partial charge in [0.2, 0.25) is 0 Å². The molecular formula is C8H9F3N2O. The molecule has 0 aliphatic rings. The van der Waals surface area contributed by atoms with Crippen LogP contribution < -0.4 is 5.73 Å². The molecule has 1 aromatic rings. The fourth-order valence-corrected chi connectivity index (χ4v) is 1.06. The van der Waals surface area contributed by atoms with Crippen molar-refractivity contribution in [1.29, 1.82) is 0 Å². The summed E-state index contributed by atoms with van der Waals surface area (Å²) < 4.78 is 37.1. The Hall–Kier alpha value is -1.14. The van der Waals surface area contributed by atoms with Crippen LogP contribution in [0.5, 0.6) is 0 Å². The van der Waals surface area contributed by atoms with E-state index in [0.29, 0.717) is 0 Å². The number of alkyl halides is 3. The predicted octanol–water partition coefficient (Wildman–Crippen LogP) is 1.09. The fraction of sp³-hybridized carbons (Fsp3) is 0.375. The number of hydrogen-bond donors (Lipinski definition) is 2. The average molecular weight is 206 g/mol. The lowest BCUT2D eigenvalue weighted by Gasteiger charge is -2.15. The van der Waals surface area contributed by atoms with Crippen LogP contribution >= 0.6 is 0 Å². The summed E-state index contributed by atoms with van der Waals surface area (Å²) >= 11 is 0. The molecule has 0 spiro atoms. The normalized spacial score (nSPS) is 14.1. The predicted molar refractivity (Wildman–Crippen MR) is 43.3 cm³/mol. The summed E-state index contributed by atoms with van der Waals surface area (Å²) in [5.74, 6) is 0. The van der Waals surface area contributed by atoms with E-state index in [2.05, 4.69) is 4.98 Å². The van der Waals surface area contributed by atoms with Crippen LogP contribution in [0.4, 0.5) is 13.2 Å². The molecule has 0 fully saturated rings. The Bertz CT molecular complexity index is 314. The molecule has 6 heteroatoms. The Kier molecular flexibility index (Phi) is 3.07. The van der Waals surface area contributed by atoms with Crippen molar-refractivity contribution in [3.05, 3.63) is 29.6 Å². The molecule has 78 valence electrons. The Morgan fingerprint density at radius 3 is 2.64 bits per heavy atom. The molecule has 1 unspecified atom stereocenters. The maximum atomic E-state index is 12.4. The van der Waals surface area contributed by atoms with Crippen LogP contribution in [0.3, 0.4) is 0 Å². The van der Waals surface area contributed by atoms with Crippen LogP contribution in [0.25, 0.3) is 0 Å². The molecule has 1 rings (SSSR count). The third-order valence-corrected chi connectivity index (χ3v) is 1.75. The third kappa shape index (κ3) is 2.21. The minimum absolute atomic E-state index is 0.192. The van der Waals surface area contributed by atoms with Crippen molar-refractivity contribution in [2.45, 2.75) is 12.2 Å². The van der Waals surface area contributed by atoms with E-state index in [0.717, 1.165) is 18.5 Å². The van der Waals surface area contributed by atoms with Gasteiger partial charge >= 0.3 is 6.18 Å². The Labute approximate surface area is 78.4 Å². The summed E-state index contributed by atoms with van der Waals surface area (Å²) in [5.41, 5.74) is 4.26. The summed E-state index contributed by atoms with van der Waals surface area (Å²) in [5, 5.41) is 8.66. The molecule has 0 aliphatic heterocycles. The highest BCUT2D eigenvalue weighted by molar-refractivity contribution is 5.28. The zero-order valence-electron chi connectivity index (χ0n) is 7.12. The van der Waals surface area contributed by atoms with Gasteiger partial charge < -0.3 is 10.8 Å². The number of rotatable bonds is 2. The fourth-order valence-electron chi connectivity index (χ4n) is 1.06. The van der Waals surface area contributed by atoms with Gasteiger partial charge in [-0.25, -0.2) is 0 Å². The number of hydrogen-bond acceptors (Lipinski definition) is 3. The number of nitrogens with two attached hydrogens (primary N) is 1. The number of halogens is 3. The lowest BCUT2D eigenvalue weighted by molar-refractivity contribution is -0.138. The minimum Gasteiger partial charge on any atom is -0.394 e. The molecule has 3 N–H and O–H groups in total. The summed E-state index contributed by atoms with van der Waals surface area (Å²) in [6, 6.07) is -0.217. The topological polar surface area (TPSA) is 59.1 Å². The first-order valence-electron chi connectivity index (χ1n) is 3.84. The van der Waals surface area contributed by atoms with Gasteiger partial charge in [-0.15, -0.1) is 0 Å². The van der Waals surface area contributed by atoms with Crippen LogP contribution in [0.2, 0.25) is 0 Å². The minimum atomic E-state index is -4.47. The molecular weight excluding hydrogens is 197 g/mol. The van der Waals surface area contributed by atoms with Gasteiger partial charge in [-0.05, 0) is 6.07 Å². The van der Waals surface area contributed by atoms with Gasteiger partial charge in [0, 0.05) is 18.0 Å². The average Bonchev–Trinajstić information content (AvgIpc) is 2.15. The molecule has 0 saturated carbocycles. The van der Waals surface area contributed by atoms with Gasteiger partial charge in [0.05, 0.1) is 18.2 Å². The van der Waals surface area contributed by atoms with Crippen molar-refractivity contribution in [2.75, 3.05) is 6.61 Å². The first-order chi connectivity index (χ1) is 6.46. The lowest BCUT2D eigenvalue weighted by Crippen LogP contribution is -2.20. The van der Waals surface area contributed by atoms with E-state index in [4.69, 9.17) is 10.8 Å². The van der Waals surface area contributed by atoms with E-state index in [-0.39, 0.29) is 5.56 Å². The first kappa shape index (κ1) is 10.9. The number of pyridine rings is 1. The zero-order valence-corrected chi connectivity index (χ0v) is 7.12. The van der Waals surface area contributed by atoms with E-state index in [1.165, 1.54) is 0 Å². The van der Waals surface area contributed by atoms with Gasteiger partial charge in [-0.1, -0.05) is 0 Å². The maximum Gasteiger partial charge on any atom is 0.416 e. The molecule has 0 radical (unpaired) electrons. The number of aromatic nitrogens is 1. The molecule has 0 saturated heterocycles. The molecule has 0 aliphatic carbocycles. The van der Waals surface area contributed by atoms with Crippen molar-refractivity contribution in [1.82, 2.24) is 4.98 Å². The Morgan fingerprint density at radius 1 is 1.50 bits per heavy atom. The number of nitrogens with zero attached hydrogens (tertiary/aromatic N) is 1. The highest BCUT2D eigenvalue weighted by Gasteiger charge is 2.34. The van der Waals surface area contributed by atoms with Gasteiger partial charge in [0.1, 0.15) is 0 Å². The van der Waals surface area contributed by atoms with E-state index in [1.54, 1.807) is 0 Å². The van der Waals surface area contributed by atoms with Crippen molar-refractivity contribution >= 4 is 0 Å². The molecule has 1 heterocycles. The first-order valence-corrected chi connectivity index (χ1v) is 3.84. The van der Waals surface area contributed by atoms with E-state index in [9.17, 15) is 13.2 Å². The third-order valence-electron chi connectivity index (χ3n) is 1.75. The Morgan fingerprint density at radius 2 is 2.14 bits per heavy atom. The highest BCUT2D eigenvalue weighted by atomic mass is 19.4. The van der Waals surface area contributed by atoms with Crippen LogP contribution in [-0.4, -0.2) is 16.7 Å². The van der Waals surface area contributed by atoms with Crippen LogP contribution in [-0.2, 0) is 6.18 Å². The van der Waals surface area contributed by atoms with Crippen molar-refractivity contribution < 1.29 is 18.3 Å². The van der Waals surface area contributed by atoms with E-state index >= 15 is 0 Å². The zero-order chi connectivity index (χ0) is 10.8. The van der Waals surface area contributed by atoms with Crippen molar-refractivity contribution in [2.24, 2.45) is 5.73 Å². The highest BCUT2D eigenvalue weighted by Crippen LogP contribution is 2.33. The van der Waals surface area contributed by atoms with Gasteiger partial charge in [-0.3, -0.25) is 4.98 Å². The molecule has 0 aromatic carbocycles. The van der Waals surface area contributed by atoms with Gasteiger partial charge in [0.25, 0.3) is 0 Å². The molecule has 0 bridgehead atoms. The summed E-state index contributed by atoms with van der Waals surface area (Å²) in [6.07, 6.45) is -2.41. The second kappa shape index (κ2) is 3.93. The van der Waals surface area contributed by atoms with Gasteiger partial charge in [-0.2, -0.15) is 13.2 Å². The molecule has 1 atom stereocenters. The lowest BCUT2D eigenvalue weighted by atomic mass is 10.0. The van der Waals surface area contributed by atoms with Crippen LogP contribution in [0.1, 0.15) is 17.2 Å². The molecule has 1 aromatic heterocycles. The smallest absolute Gasteiger partial charge is 0.394 e. The maximum absolute atomic E-state index is 12.4. The van der Waals surface area contributed by atoms with Crippen LogP contribution in [0.15, 0.2) is 18.5 Å². The van der Waals surface area contributed by atoms with Crippen molar-refractivity contribution in [3.8, 4) is 0 Å². The molecule has 3 nitrogen and oxygen atoms in total.